The third-order valence-electron chi connectivity index (χ3n) is 8.51. The summed E-state index contributed by atoms with van der Waals surface area (Å²) in [6, 6.07) is 9.34. The lowest BCUT2D eigenvalue weighted by Crippen LogP contribution is -2.59. The van der Waals surface area contributed by atoms with E-state index in [2.05, 4.69) is 10.6 Å². The van der Waals surface area contributed by atoms with Crippen molar-refractivity contribution in [1.29, 1.82) is 0 Å². The van der Waals surface area contributed by atoms with Crippen molar-refractivity contribution in [3.05, 3.63) is 47.3 Å². The second-order valence-electron chi connectivity index (χ2n) is 11.9. The molecule has 9 nitrogen and oxygen atoms in total. The van der Waals surface area contributed by atoms with Gasteiger partial charge in [0.05, 0.1) is 12.6 Å². The fourth-order valence-electron chi connectivity index (χ4n) is 6.69. The highest BCUT2D eigenvalue weighted by molar-refractivity contribution is 7.13. The number of nitrogens with zero attached hydrogens (tertiary/aromatic N) is 2. The van der Waals surface area contributed by atoms with Gasteiger partial charge >= 0.3 is 0 Å². The molecule has 0 bridgehead atoms. The number of likely N-dealkylation sites (tertiary alicyclic amines) is 2. The number of ketones is 1. The topological polar surface area (TPSA) is 116 Å². The van der Waals surface area contributed by atoms with Gasteiger partial charge in [-0.3, -0.25) is 24.0 Å². The second kappa shape index (κ2) is 11.8. The highest BCUT2D eigenvalue weighted by atomic mass is 32.1. The smallest absolute Gasteiger partial charge is 0.251 e. The van der Waals surface area contributed by atoms with Crippen molar-refractivity contribution in [2.45, 2.75) is 83.0 Å². The molecule has 0 radical (unpaired) electrons. The van der Waals surface area contributed by atoms with E-state index in [9.17, 15) is 24.0 Å². The van der Waals surface area contributed by atoms with Crippen molar-refractivity contribution in [1.82, 2.24) is 20.4 Å². The van der Waals surface area contributed by atoms with Gasteiger partial charge in [-0.1, -0.05) is 44.9 Å². The molecule has 3 fully saturated rings. The van der Waals surface area contributed by atoms with E-state index < -0.39 is 23.7 Å². The number of fused-ring (bicyclic) bond motifs is 1. The van der Waals surface area contributed by atoms with Gasteiger partial charge in [-0.2, -0.15) is 0 Å². The van der Waals surface area contributed by atoms with Crippen molar-refractivity contribution in [2.24, 2.45) is 5.92 Å². The monoisotopic (exact) mass is 578 g/mol. The number of carbonyl (C=O) groups excluding carboxylic acids is 5. The summed E-state index contributed by atoms with van der Waals surface area (Å²) in [5.41, 5.74) is 0.497. The number of hydrogen-bond donors (Lipinski definition) is 2. The molecular weight excluding hydrogens is 540 g/mol. The van der Waals surface area contributed by atoms with Crippen LogP contribution in [0, 0.1) is 5.92 Å². The first kappa shape index (κ1) is 29.0. The number of hydrogen-bond acceptors (Lipinski definition) is 6. The van der Waals surface area contributed by atoms with Crippen molar-refractivity contribution < 1.29 is 24.0 Å². The Morgan fingerprint density at radius 2 is 1.76 bits per heavy atom. The van der Waals surface area contributed by atoms with Crippen molar-refractivity contribution in [3.8, 4) is 10.4 Å². The molecule has 1 aromatic heterocycles. The van der Waals surface area contributed by atoms with Crippen LogP contribution in [0.5, 0.6) is 0 Å². The Morgan fingerprint density at radius 1 is 1.05 bits per heavy atom. The van der Waals surface area contributed by atoms with E-state index in [0.717, 1.165) is 23.3 Å². The molecule has 2 saturated heterocycles. The van der Waals surface area contributed by atoms with Gasteiger partial charge < -0.3 is 20.4 Å². The van der Waals surface area contributed by atoms with E-state index in [0.29, 0.717) is 37.8 Å². The summed E-state index contributed by atoms with van der Waals surface area (Å²) in [6.07, 6.45) is 3.67. The SMILES string of the molecule is CC(=O)NC1(C(=O)N2CC(=O)C3C2CCN3C(=O)C(CC(C)C)NC(=O)c2ccc(-c3cccs3)cc2)CCCC1. The maximum Gasteiger partial charge on any atom is 0.251 e. The Bertz CT molecular complexity index is 1320. The molecule has 2 aliphatic heterocycles. The van der Waals surface area contributed by atoms with Crippen LogP contribution < -0.4 is 10.6 Å². The van der Waals surface area contributed by atoms with Gasteiger partial charge in [-0.15, -0.1) is 11.3 Å². The lowest BCUT2D eigenvalue weighted by Gasteiger charge is -2.35. The molecule has 5 rings (SSSR count). The first-order valence-electron chi connectivity index (χ1n) is 14.5. The maximum absolute atomic E-state index is 13.9. The molecule has 2 N–H and O–H groups in total. The van der Waals surface area contributed by atoms with Crippen LogP contribution in [-0.4, -0.2) is 76.0 Å². The van der Waals surface area contributed by atoms with Gasteiger partial charge in [0, 0.05) is 23.9 Å². The van der Waals surface area contributed by atoms with Gasteiger partial charge in [0.2, 0.25) is 17.7 Å². The van der Waals surface area contributed by atoms with Crippen molar-refractivity contribution in [3.63, 3.8) is 0 Å². The molecule has 10 heteroatoms. The molecular formula is C31H38N4O5S. The average Bonchev–Trinajstić information content (AvgIpc) is 3.74. The standard InChI is InChI=1S/C31H38N4O5S/c1-19(2)17-23(32-28(38)22-10-8-21(9-11-22)26-7-6-16-41-26)29(39)34-15-12-24-27(34)25(37)18-35(24)30(40)31(33-20(3)36)13-4-5-14-31/h6-11,16,19,23-24,27H,4-5,12-15,17-18H2,1-3H3,(H,32,38)(H,33,36). The number of benzene rings is 1. The highest BCUT2D eigenvalue weighted by Crippen LogP contribution is 2.37. The summed E-state index contributed by atoms with van der Waals surface area (Å²) >= 11 is 1.62. The zero-order valence-corrected chi connectivity index (χ0v) is 24.7. The third-order valence-corrected chi connectivity index (χ3v) is 9.43. The quantitative estimate of drug-likeness (QED) is 0.498. The van der Waals surface area contributed by atoms with Crippen LogP contribution in [0.2, 0.25) is 0 Å². The van der Waals surface area contributed by atoms with Crippen LogP contribution in [-0.2, 0) is 19.2 Å². The summed E-state index contributed by atoms with van der Waals surface area (Å²) in [5.74, 6) is -1.18. The van der Waals surface area contributed by atoms with E-state index >= 15 is 0 Å². The van der Waals surface area contributed by atoms with Crippen molar-refractivity contribution >= 4 is 40.7 Å². The van der Waals surface area contributed by atoms with Gasteiger partial charge in [-0.25, -0.2) is 0 Å². The van der Waals surface area contributed by atoms with Gasteiger partial charge in [0.15, 0.2) is 5.78 Å². The molecule has 1 aromatic carbocycles. The predicted molar refractivity (Wildman–Crippen MR) is 156 cm³/mol. The zero-order chi connectivity index (χ0) is 29.3. The maximum atomic E-state index is 13.9. The summed E-state index contributed by atoms with van der Waals surface area (Å²) in [4.78, 5) is 70.4. The summed E-state index contributed by atoms with van der Waals surface area (Å²) < 4.78 is 0. The molecule has 3 unspecified atom stereocenters. The number of carbonyl (C=O) groups is 5. The Balaban J connectivity index is 1.30. The second-order valence-corrected chi connectivity index (χ2v) is 12.9. The lowest BCUT2D eigenvalue weighted by molar-refractivity contribution is -0.142. The number of nitrogens with one attached hydrogen (secondary N) is 2. The minimum Gasteiger partial charge on any atom is -0.342 e. The van der Waals surface area contributed by atoms with Crippen LogP contribution >= 0.6 is 11.3 Å². The first-order chi connectivity index (χ1) is 19.6. The molecule has 3 aliphatic rings. The average molecular weight is 579 g/mol. The van der Waals surface area contributed by atoms with Gasteiger partial charge in [0.1, 0.15) is 17.6 Å². The minimum absolute atomic E-state index is 0.0723. The fourth-order valence-corrected chi connectivity index (χ4v) is 7.42. The van der Waals surface area contributed by atoms with Crippen LogP contribution in [0.1, 0.15) is 69.7 Å². The fraction of sp³-hybridized carbons (Fsp3) is 0.516. The molecule has 1 saturated carbocycles. The molecule has 41 heavy (non-hydrogen) atoms. The molecule has 0 spiro atoms. The van der Waals surface area contributed by atoms with E-state index in [1.54, 1.807) is 33.3 Å². The largest absolute Gasteiger partial charge is 0.342 e. The number of rotatable bonds is 8. The normalized spacial score (nSPS) is 22.1. The number of amides is 4. The third kappa shape index (κ3) is 5.80. The van der Waals surface area contributed by atoms with E-state index in [1.807, 2.05) is 43.5 Å². The Hall–Kier alpha value is -3.53. The molecule has 218 valence electrons. The highest BCUT2D eigenvalue weighted by Gasteiger charge is 2.56. The van der Waals surface area contributed by atoms with Crippen LogP contribution in [0.25, 0.3) is 10.4 Å². The Morgan fingerprint density at radius 3 is 2.37 bits per heavy atom. The Kier molecular flexibility index (Phi) is 8.31. The van der Waals surface area contributed by atoms with E-state index in [1.165, 1.54) is 6.92 Å². The predicted octanol–water partition coefficient (Wildman–Crippen LogP) is 3.39. The molecule has 1 aliphatic carbocycles. The zero-order valence-electron chi connectivity index (χ0n) is 23.9. The van der Waals surface area contributed by atoms with E-state index in [-0.39, 0.29) is 41.9 Å². The first-order valence-corrected chi connectivity index (χ1v) is 15.4. The number of thiophene rings is 1. The lowest BCUT2D eigenvalue weighted by atomic mass is 9.94. The molecule has 4 amide bonds. The van der Waals surface area contributed by atoms with Crippen molar-refractivity contribution in [2.75, 3.05) is 13.1 Å². The molecule has 3 atom stereocenters. The summed E-state index contributed by atoms with van der Waals surface area (Å²) in [5, 5.41) is 7.81. The van der Waals surface area contributed by atoms with Gasteiger partial charge in [-0.05, 0) is 60.7 Å². The molecule has 3 heterocycles. The van der Waals surface area contributed by atoms with Crippen LogP contribution in [0.3, 0.4) is 0 Å². The minimum atomic E-state index is -0.981. The van der Waals surface area contributed by atoms with Gasteiger partial charge in [0.25, 0.3) is 5.91 Å². The summed E-state index contributed by atoms with van der Waals surface area (Å²) in [7, 11) is 0. The number of Topliss-reactive ketones (excluding diaryl/α,β-unsaturated/α-hetero) is 1. The molecule has 2 aromatic rings. The van der Waals surface area contributed by atoms with Crippen LogP contribution in [0.4, 0.5) is 0 Å². The summed E-state index contributed by atoms with van der Waals surface area (Å²) in [6.45, 7) is 5.63. The van der Waals surface area contributed by atoms with E-state index in [4.69, 9.17) is 0 Å². The van der Waals surface area contributed by atoms with Crippen LogP contribution in [0.15, 0.2) is 41.8 Å². The Labute approximate surface area is 244 Å².